The minimum atomic E-state index is -0.407. The zero-order valence-electron chi connectivity index (χ0n) is 35.0. The highest BCUT2D eigenvalue weighted by atomic mass is 15.1. The van der Waals surface area contributed by atoms with Gasteiger partial charge in [-0.25, -0.2) is 0 Å². The van der Waals surface area contributed by atoms with E-state index in [4.69, 9.17) is 0 Å². The molecule has 0 N–H and O–H groups in total. The minimum Gasteiger partial charge on any atom is -0.310 e. The van der Waals surface area contributed by atoms with Gasteiger partial charge in [0.25, 0.3) is 0 Å². The lowest BCUT2D eigenvalue weighted by molar-refractivity contribution is 0.714. The summed E-state index contributed by atoms with van der Waals surface area (Å²) in [6, 6.07) is 89.5. The van der Waals surface area contributed by atoms with Crippen molar-refractivity contribution >= 4 is 49.4 Å². The molecule has 1 atom stereocenters. The van der Waals surface area contributed by atoms with Crippen LogP contribution in [0.25, 0.3) is 76.8 Å². The van der Waals surface area contributed by atoms with Crippen LogP contribution in [0.4, 0.5) is 17.1 Å². The topological polar surface area (TPSA) is 3.24 Å². The Balaban J connectivity index is 1.15. The summed E-state index contributed by atoms with van der Waals surface area (Å²) in [6.07, 6.45) is 0. The molecule has 1 heteroatoms. The van der Waals surface area contributed by atoms with E-state index in [1.54, 1.807) is 0 Å². The first kappa shape index (κ1) is 36.8. The Morgan fingerprint density at radius 2 is 0.889 bits per heavy atom. The van der Waals surface area contributed by atoms with Crippen molar-refractivity contribution in [1.82, 2.24) is 0 Å². The van der Waals surface area contributed by atoms with E-state index in [-0.39, 0.29) is 0 Å². The van der Waals surface area contributed by atoms with Crippen molar-refractivity contribution in [3.05, 3.63) is 259 Å². The molecule has 0 spiro atoms. The zero-order chi connectivity index (χ0) is 41.9. The van der Waals surface area contributed by atoms with Crippen molar-refractivity contribution in [3.8, 4) is 44.5 Å². The predicted octanol–water partition coefficient (Wildman–Crippen LogP) is 17.0. The molecule has 296 valence electrons. The van der Waals surface area contributed by atoms with Crippen LogP contribution in [0.3, 0.4) is 0 Å². The molecule has 1 unspecified atom stereocenters. The molecule has 0 bridgehead atoms. The lowest BCUT2D eigenvalue weighted by atomic mass is 9.73. The molecule has 0 aromatic heterocycles. The third-order valence-corrected chi connectivity index (χ3v) is 13.5. The fourth-order valence-electron chi connectivity index (χ4n) is 10.6. The van der Waals surface area contributed by atoms with Crippen molar-refractivity contribution < 1.29 is 0 Å². The fraction of sp³-hybridized carbons (Fsp3) is 0.0323. The van der Waals surface area contributed by atoms with Crippen LogP contribution in [0.5, 0.6) is 0 Å². The van der Waals surface area contributed by atoms with Gasteiger partial charge in [0.1, 0.15) is 0 Å². The highest BCUT2D eigenvalue weighted by Crippen LogP contribution is 2.57. The normalized spacial score (nSPS) is 14.2. The van der Waals surface area contributed by atoms with E-state index < -0.39 is 5.41 Å². The van der Waals surface area contributed by atoms with Gasteiger partial charge in [-0.05, 0) is 137 Å². The first-order valence-electron chi connectivity index (χ1n) is 21.9. The second-order valence-electron chi connectivity index (χ2n) is 16.9. The average molecular weight is 802 g/mol. The van der Waals surface area contributed by atoms with Gasteiger partial charge in [0.2, 0.25) is 0 Å². The van der Waals surface area contributed by atoms with Crippen molar-refractivity contribution in [2.24, 2.45) is 0 Å². The van der Waals surface area contributed by atoms with Gasteiger partial charge >= 0.3 is 0 Å². The summed E-state index contributed by atoms with van der Waals surface area (Å²) < 4.78 is 0. The van der Waals surface area contributed by atoms with E-state index in [1.807, 2.05) is 0 Å². The number of hydrogen-bond donors (Lipinski definition) is 0. The van der Waals surface area contributed by atoms with Gasteiger partial charge in [-0.15, -0.1) is 0 Å². The third-order valence-electron chi connectivity index (χ3n) is 13.5. The lowest BCUT2D eigenvalue weighted by Crippen LogP contribution is -2.25. The molecule has 0 saturated carbocycles. The van der Waals surface area contributed by atoms with Gasteiger partial charge in [0.05, 0.1) is 5.69 Å². The number of hydrogen-bond acceptors (Lipinski definition) is 1. The van der Waals surface area contributed by atoms with E-state index in [0.717, 1.165) is 17.1 Å². The second kappa shape index (κ2) is 14.9. The van der Waals surface area contributed by atoms with Crippen molar-refractivity contribution in [1.29, 1.82) is 0 Å². The molecule has 1 aliphatic carbocycles. The molecule has 1 nitrogen and oxygen atoms in total. The van der Waals surface area contributed by atoms with E-state index >= 15 is 0 Å². The van der Waals surface area contributed by atoms with Gasteiger partial charge in [-0.3, -0.25) is 0 Å². The van der Waals surface area contributed by atoms with Crippen LogP contribution in [0, 0.1) is 0 Å². The molecule has 1 aliphatic rings. The number of rotatable bonds is 7. The van der Waals surface area contributed by atoms with Crippen LogP contribution >= 0.6 is 0 Å². The molecule has 0 fully saturated rings. The first-order valence-corrected chi connectivity index (χ1v) is 21.9. The quantitative estimate of drug-likeness (QED) is 0.145. The standard InChI is InChI=1S/C62H43N/c1-62(48-24-9-4-10-25-48)57-30-16-15-27-53(57)55-29-17-31-58(61(55)62)63(49-36-34-43(35-37-49)47-33-32-42-18-11-12-23-46(42)40-47)50-38-39-52-51-26-13-14-28-54(51)59(44-19-5-2-6-20-44)60(56(52)41-50)45-21-7-3-8-22-45/h2-41H,1H3. The smallest absolute Gasteiger partial charge is 0.0512 e. The molecular weight excluding hydrogens is 759 g/mol. The van der Waals surface area contributed by atoms with Crippen molar-refractivity contribution in [2.75, 3.05) is 4.90 Å². The number of fused-ring (bicyclic) bond motifs is 7. The summed E-state index contributed by atoms with van der Waals surface area (Å²) in [4.78, 5) is 2.52. The zero-order valence-corrected chi connectivity index (χ0v) is 35.0. The lowest BCUT2D eigenvalue weighted by Gasteiger charge is -2.35. The average Bonchev–Trinajstić information content (AvgIpc) is 3.63. The molecule has 0 heterocycles. The monoisotopic (exact) mass is 801 g/mol. The van der Waals surface area contributed by atoms with E-state index in [9.17, 15) is 0 Å². The molecule has 0 amide bonds. The Bertz CT molecular complexity index is 3500. The largest absolute Gasteiger partial charge is 0.310 e. The van der Waals surface area contributed by atoms with Crippen molar-refractivity contribution in [3.63, 3.8) is 0 Å². The number of benzene rings is 11. The van der Waals surface area contributed by atoms with Gasteiger partial charge in [-0.1, -0.05) is 206 Å². The summed E-state index contributed by atoms with van der Waals surface area (Å²) >= 11 is 0. The van der Waals surface area contributed by atoms with E-state index in [2.05, 4.69) is 254 Å². The molecular formula is C62H43N. The van der Waals surface area contributed by atoms with Gasteiger partial charge in [0, 0.05) is 16.8 Å². The number of nitrogens with zero attached hydrogens (tertiary/aromatic N) is 1. The van der Waals surface area contributed by atoms with Gasteiger partial charge in [0.15, 0.2) is 0 Å². The fourth-order valence-corrected chi connectivity index (χ4v) is 10.6. The highest BCUT2D eigenvalue weighted by Gasteiger charge is 2.43. The summed E-state index contributed by atoms with van der Waals surface area (Å²) in [5.41, 5.74) is 16.7. The molecule has 0 aliphatic heterocycles. The van der Waals surface area contributed by atoms with Crippen LogP contribution in [-0.4, -0.2) is 0 Å². The molecule has 11 aromatic carbocycles. The van der Waals surface area contributed by atoms with E-state index in [1.165, 1.54) is 93.5 Å². The van der Waals surface area contributed by atoms with Crippen molar-refractivity contribution in [2.45, 2.75) is 12.3 Å². The molecule has 12 rings (SSSR count). The Morgan fingerprint density at radius 3 is 1.63 bits per heavy atom. The van der Waals surface area contributed by atoms with Crippen LogP contribution in [0.2, 0.25) is 0 Å². The van der Waals surface area contributed by atoms with E-state index in [0.29, 0.717) is 0 Å². The summed E-state index contributed by atoms with van der Waals surface area (Å²) in [5.74, 6) is 0. The molecule has 0 saturated heterocycles. The Hall–Kier alpha value is -8.00. The Labute approximate surface area is 368 Å². The van der Waals surface area contributed by atoms with Crippen LogP contribution < -0.4 is 4.90 Å². The molecule has 11 aromatic rings. The first-order chi connectivity index (χ1) is 31.1. The summed E-state index contributed by atoms with van der Waals surface area (Å²) in [6.45, 7) is 2.42. The van der Waals surface area contributed by atoms with Gasteiger partial charge < -0.3 is 4.90 Å². The Kier molecular flexibility index (Phi) is 8.69. The maximum Gasteiger partial charge on any atom is 0.0512 e. The van der Waals surface area contributed by atoms with Crippen LogP contribution in [-0.2, 0) is 5.41 Å². The van der Waals surface area contributed by atoms with Gasteiger partial charge in [-0.2, -0.15) is 0 Å². The maximum absolute atomic E-state index is 2.52. The number of anilines is 3. The SMILES string of the molecule is CC1(c2ccccc2)c2ccccc2-c2cccc(N(c3ccc(-c4ccc5ccccc5c4)cc3)c3ccc4c(c3)c(-c3ccccc3)c(-c3ccccc3)c3ccccc34)c21. The third kappa shape index (κ3) is 5.92. The Morgan fingerprint density at radius 1 is 0.333 bits per heavy atom. The summed E-state index contributed by atoms with van der Waals surface area (Å²) in [5, 5.41) is 7.44. The maximum atomic E-state index is 2.52. The molecule has 63 heavy (non-hydrogen) atoms. The summed E-state index contributed by atoms with van der Waals surface area (Å²) in [7, 11) is 0. The minimum absolute atomic E-state index is 0.407. The highest BCUT2D eigenvalue weighted by molar-refractivity contribution is 6.22. The predicted molar refractivity (Wildman–Crippen MR) is 267 cm³/mol. The molecule has 0 radical (unpaired) electrons. The second-order valence-corrected chi connectivity index (χ2v) is 16.9. The van der Waals surface area contributed by atoms with Crippen LogP contribution in [0.1, 0.15) is 23.6 Å². The van der Waals surface area contributed by atoms with Crippen LogP contribution in [0.15, 0.2) is 243 Å².